The third-order valence-electron chi connectivity index (χ3n) is 3.93. The van der Waals surface area contributed by atoms with Gasteiger partial charge in [-0.05, 0) is 32.1 Å². The molecule has 0 aromatic heterocycles. The van der Waals surface area contributed by atoms with E-state index in [9.17, 15) is 9.59 Å². The van der Waals surface area contributed by atoms with Crippen molar-refractivity contribution in [1.82, 2.24) is 4.90 Å². The van der Waals surface area contributed by atoms with Gasteiger partial charge in [-0.15, -0.1) is 0 Å². The molecule has 0 radical (unpaired) electrons. The maximum absolute atomic E-state index is 12.4. The van der Waals surface area contributed by atoms with E-state index in [0.29, 0.717) is 19.5 Å². The molecule has 0 aromatic carbocycles. The summed E-state index contributed by atoms with van der Waals surface area (Å²) in [6.45, 7) is 1.04. The number of nitrogens with zero attached hydrogens (tertiary/aromatic N) is 1. The second kappa shape index (κ2) is 4.64. The maximum Gasteiger partial charge on any atom is 0.328 e. The van der Waals surface area contributed by atoms with Crippen molar-refractivity contribution in [1.29, 1.82) is 0 Å². The molecule has 2 rings (SSSR count). The van der Waals surface area contributed by atoms with Crippen LogP contribution in [0, 0.1) is 5.41 Å². The molecule has 1 amide bonds. The third-order valence-corrected chi connectivity index (χ3v) is 3.93. The van der Waals surface area contributed by atoms with Crippen molar-refractivity contribution in [2.45, 2.75) is 38.1 Å². The molecule has 96 valence electrons. The van der Waals surface area contributed by atoms with Crippen LogP contribution in [0.4, 0.5) is 0 Å². The Kier molecular flexibility index (Phi) is 3.38. The molecule has 1 heterocycles. The number of nitrogens with two attached hydrogens (primary N) is 1. The monoisotopic (exact) mass is 240 g/mol. The lowest BCUT2D eigenvalue weighted by Crippen LogP contribution is -2.52. The van der Waals surface area contributed by atoms with Gasteiger partial charge in [0.15, 0.2) is 0 Å². The summed E-state index contributed by atoms with van der Waals surface area (Å²) in [6, 6.07) is -0.398. The van der Waals surface area contributed by atoms with Crippen LogP contribution in [0.2, 0.25) is 0 Å². The fraction of sp³-hybridized carbons (Fsp3) is 0.833. The van der Waals surface area contributed by atoms with Gasteiger partial charge >= 0.3 is 5.97 Å². The van der Waals surface area contributed by atoms with E-state index < -0.39 is 6.04 Å². The lowest BCUT2D eigenvalue weighted by Gasteiger charge is -2.36. The van der Waals surface area contributed by atoms with Crippen LogP contribution in [0.3, 0.4) is 0 Å². The molecule has 5 heteroatoms. The second-order valence-electron chi connectivity index (χ2n) is 5.02. The molecule has 1 saturated heterocycles. The van der Waals surface area contributed by atoms with E-state index >= 15 is 0 Å². The van der Waals surface area contributed by atoms with E-state index in [1.165, 1.54) is 7.11 Å². The number of carbonyl (C=O) groups excluding carboxylic acids is 2. The number of methoxy groups -OCH3 is 1. The van der Waals surface area contributed by atoms with E-state index in [2.05, 4.69) is 0 Å². The third kappa shape index (κ3) is 2.16. The quantitative estimate of drug-likeness (QED) is 0.719. The van der Waals surface area contributed by atoms with Gasteiger partial charge in [0.25, 0.3) is 0 Å². The highest BCUT2D eigenvalue weighted by Gasteiger charge is 2.52. The number of rotatable bonds is 3. The van der Waals surface area contributed by atoms with Crippen LogP contribution in [0.5, 0.6) is 0 Å². The minimum Gasteiger partial charge on any atom is -0.467 e. The summed E-state index contributed by atoms with van der Waals surface area (Å²) in [5, 5.41) is 0. The lowest BCUT2D eigenvalue weighted by molar-refractivity contribution is -0.156. The first-order valence-electron chi connectivity index (χ1n) is 6.23. The minimum absolute atomic E-state index is 0.0510. The van der Waals surface area contributed by atoms with Crippen molar-refractivity contribution in [3.63, 3.8) is 0 Å². The molecule has 0 spiro atoms. The Balaban J connectivity index is 2.11. The summed E-state index contributed by atoms with van der Waals surface area (Å²) in [7, 11) is 1.37. The maximum atomic E-state index is 12.4. The zero-order chi connectivity index (χ0) is 12.5. The number of piperidine rings is 1. The average Bonchev–Trinajstić information content (AvgIpc) is 3.18. The first-order valence-corrected chi connectivity index (χ1v) is 6.23. The van der Waals surface area contributed by atoms with Gasteiger partial charge < -0.3 is 15.4 Å². The Morgan fingerprint density at radius 2 is 2.12 bits per heavy atom. The lowest BCUT2D eigenvalue weighted by atomic mass is 9.97. The molecule has 17 heavy (non-hydrogen) atoms. The molecule has 1 aliphatic heterocycles. The van der Waals surface area contributed by atoms with Crippen LogP contribution in [-0.2, 0) is 14.3 Å². The molecular weight excluding hydrogens is 220 g/mol. The molecule has 1 atom stereocenters. The van der Waals surface area contributed by atoms with Gasteiger partial charge in [0, 0.05) is 13.1 Å². The summed E-state index contributed by atoms with van der Waals surface area (Å²) in [5.41, 5.74) is 5.30. The van der Waals surface area contributed by atoms with Crippen LogP contribution in [0.25, 0.3) is 0 Å². The first-order chi connectivity index (χ1) is 8.14. The standard InChI is InChI=1S/C12H20N2O3/c1-17-10(15)9-4-2-3-7-14(9)11(16)12(8-13)5-6-12/h9H,2-8,13H2,1H3. The molecule has 0 bridgehead atoms. The van der Waals surface area contributed by atoms with Crippen molar-refractivity contribution in [2.24, 2.45) is 11.1 Å². The normalized spacial score (nSPS) is 26.5. The average molecular weight is 240 g/mol. The van der Waals surface area contributed by atoms with Gasteiger partial charge in [0.2, 0.25) is 5.91 Å². The number of esters is 1. The van der Waals surface area contributed by atoms with Crippen molar-refractivity contribution in [3.05, 3.63) is 0 Å². The predicted molar refractivity (Wildman–Crippen MR) is 62.1 cm³/mol. The predicted octanol–water partition coefficient (Wildman–Crippen LogP) is 0.279. The number of likely N-dealkylation sites (tertiary alicyclic amines) is 1. The minimum atomic E-state index is -0.398. The van der Waals surface area contributed by atoms with Gasteiger partial charge in [-0.1, -0.05) is 0 Å². The van der Waals surface area contributed by atoms with Crippen LogP contribution in [0.1, 0.15) is 32.1 Å². The van der Waals surface area contributed by atoms with Gasteiger partial charge in [-0.3, -0.25) is 4.79 Å². The zero-order valence-electron chi connectivity index (χ0n) is 10.3. The summed E-state index contributed by atoms with van der Waals surface area (Å²) in [4.78, 5) is 25.7. The summed E-state index contributed by atoms with van der Waals surface area (Å²) >= 11 is 0. The highest BCUT2D eigenvalue weighted by Crippen LogP contribution is 2.47. The van der Waals surface area contributed by atoms with Gasteiger partial charge in [0.05, 0.1) is 12.5 Å². The number of amides is 1. The van der Waals surface area contributed by atoms with E-state index in [4.69, 9.17) is 10.5 Å². The Bertz CT molecular complexity index is 326. The molecule has 2 N–H and O–H groups in total. The molecule has 1 saturated carbocycles. The summed E-state index contributed by atoms with van der Waals surface area (Å²) in [5.74, 6) is -0.249. The Labute approximate surface area is 101 Å². The largest absolute Gasteiger partial charge is 0.467 e. The number of carbonyl (C=O) groups is 2. The molecule has 5 nitrogen and oxygen atoms in total. The van der Waals surface area contributed by atoms with Crippen molar-refractivity contribution in [3.8, 4) is 0 Å². The molecule has 1 aliphatic carbocycles. The van der Waals surface area contributed by atoms with Crippen molar-refractivity contribution < 1.29 is 14.3 Å². The number of ether oxygens (including phenoxy) is 1. The van der Waals surface area contributed by atoms with Crippen LogP contribution < -0.4 is 5.73 Å². The number of hydrogen-bond donors (Lipinski definition) is 1. The van der Waals surface area contributed by atoms with E-state index in [-0.39, 0.29) is 17.3 Å². The smallest absolute Gasteiger partial charge is 0.328 e. The Hall–Kier alpha value is -1.10. The van der Waals surface area contributed by atoms with Crippen molar-refractivity contribution >= 4 is 11.9 Å². The van der Waals surface area contributed by atoms with Crippen LogP contribution in [0.15, 0.2) is 0 Å². The zero-order valence-corrected chi connectivity index (χ0v) is 10.3. The first kappa shape index (κ1) is 12.4. The van der Waals surface area contributed by atoms with E-state index in [1.54, 1.807) is 4.90 Å². The van der Waals surface area contributed by atoms with Crippen LogP contribution >= 0.6 is 0 Å². The van der Waals surface area contributed by atoms with Gasteiger partial charge in [0.1, 0.15) is 6.04 Å². The molecule has 2 aliphatic rings. The highest BCUT2D eigenvalue weighted by molar-refractivity contribution is 5.90. The van der Waals surface area contributed by atoms with Gasteiger partial charge in [-0.25, -0.2) is 4.79 Å². The van der Waals surface area contributed by atoms with Crippen molar-refractivity contribution in [2.75, 3.05) is 20.2 Å². The second-order valence-corrected chi connectivity index (χ2v) is 5.02. The van der Waals surface area contributed by atoms with Gasteiger partial charge in [-0.2, -0.15) is 0 Å². The Morgan fingerprint density at radius 1 is 1.41 bits per heavy atom. The topological polar surface area (TPSA) is 72.6 Å². The molecule has 0 aromatic rings. The molecule has 1 unspecified atom stereocenters. The summed E-state index contributed by atoms with van der Waals surface area (Å²) in [6.07, 6.45) is 4.34. The van der Waals surface area contributed by atoms with E-state index in [0.717, 1.165) is 25.7 Å². The molecular formula is C12H20N2O3. The fourth-order valence-corrected chi connectivity index (χ4v) is 2.52. The van der Waals surface area contributed by atoms with E-state index in [1.807, 2.05) is 0 Å². The molecule has 2 fully saturated rings. The summed E-state index contributed by atoms with van der Waals surface area (Å²) < 4.78 is 4.77. The SMILES string of the molecule is COC(=O)C1CCCCN1C(=O)C1(CN)CC1. The number of hydrogen-bond acceptors (Lipinski definition) is 4. The fourth-order valence-electron chi connectivity index (χ4n) is 2.52. The van der Waals surface area contributed by atoms with Crippen LogP contribution in [-0.4, -0.2) is 43.0 Å². The highest BCUT2D eigenvalue weighted by atomic mass is 16.5. The Morgan fingerprint density at radius 3 is 2.65 bits per heavy atom.